The van der Waals surface area contributed by atoms with Gasteiger partial charge in [-0.2, -0.15) is 0 Å². The van der Waals surface area contributed by atoms with Crippen LogP contribution in [0.1, 0.15) is 16.7 Å². The summed E-state index contributed by atoms with van der Waals surface area (Å²) in [5.74, 6) is -0.382. The van der Waals surface area contributed by atoms with Crippen LogP contribution in [-0.4, -0.2) is 40.5 Å². The van der Waals surface area contributed by atoms with Crippen molar-refractivity contribution < 1.29 is 14.3 Å². The van der Waals surface area contributed by atoms with Gasteiger partial charge in [0.15, 0.2) is 0 Å². The summed E-state index contributed by atoms with van der Waals surface area (Å²) in [7, 11) is 0. The molecule has 0 atom stereocenters. The van der Waals surface area contributed by atoms with Crippen molar-refractivity contribution in [2.24, 2.45) is 5.92 Å². The molecule has 0 unspecified atom stereocenters. The standard InChI is InChI=1S/C25H24FN3O2/c26-22-11-19(12-28-14-20(15-28)25(30)31)6-8-21(22)23-16-29-13-18(7-9-24(29)27-23)10-17-4-2-1-3-5-17/h1-9,11,16,20,27H,10,12-15H2,(H,30,31). The van der Waals surface area contributed by atoms with E-state index in [1.165, 1.54) is 11.1 Å². The quantitative estimate of drug-likeness (QED) is 0.753. The predicted octanol–water partition coefficient (Wildman–Crippen LogP) is 3.57. The van der Waals surface area contributed by atoms with E-state index in [1.807, 2.05) is 41.4 Å². The fourth-order valence-electron chi connectivity index (χ4n) is 4.30. The smallest absolute Gasteiger partial charge is 0.309 e. The highest BCUT2D eigenvalue weighted by molar-refractivity contribution is 5.71. The molecule has 3 aliphatic rings. The van der Waals surface area contributed by atoms with E-state index in [2.05, 4.69) is 28.4 Å². The van der Waals surface area contributed by atoms with E-state index < -0.39 is 5.97 Å². The second kappa shape index (κ2) is 8.04. The lowest BCUT2D eigenvalue weighted by Crippen LogP contribution is -2.49. The molecule has 3 aliphatic heterocycles. The molecule has 3 heterocycles. The summed E-state index contributed by atoms with van der Waals surface area (Å²) in [6.07, 6.45) is 7.04. The van der Waals surface area contributed by atoms with Crippen molar-refractivity contribution >= 4 is 11.7 Å². The Morgan fingerprint density at radius 3 is 2.65 bits per heavy atom. The maximum atomic E-state index is 14.9. The number of benzene rings is 2. The number of carboxylic acids is 1. The lowest BCUT2D eigenvalue weighted by Gasteiger charge is -2.36. The molecule has 0 amide bonds. The highest BCUT2D eigenvalue weighted by atomic mass is 19.1. The summed E-state index contributed by atoms with van der Waals surface area (Å²) in [5, 5.41) is 12.3. The van der Waals surface area contributed by atoms with Gasteiger partial charge in [-0.3, -0.25) is 9.69 Å². The molecule has 1 saturated heterocycles. The molecule has 0 spiro atoms. The number of hydrogen-bond donors (Lipinski definition) is 2. The number of halogens is 1. The second-order valence-electron chi connectivity index (χ2n) is 8.38. The van der Waals surface area contributed by atoms with Gasteiger partial charge >= 0.3 is 5.97 Å². The van der Waals surface area contributed by atoms with E-state index in [9.17, 15) is 9.18 Å². The van der Waals surface area contributed by atoms with E-state index in [4.69, 9.17) is 5.11 Å². The molecule has 0 saturated carbocycles. The third-order valence-electron chi connectivity index (χ3n) is 6.02. The van der Waals surface area contributed by atoms with Crippen molar-refractivity contribution in [1.29, 1.82) is 0 Å². The maximum Gasteiger partial charge on any atom is 0.309 e. The number of rotatable bonds is 6. The molecule has 5 rings (SSSR count). The lowest BCUT2D eigenvalue weighted by atomic mass is 9.99. The van der Waals surface area contributed by atoms with Crippen LogP contribution in [0.25, 0.3) is 5.70 Å². The molecule has 1 fully saturated rings. The number of aliphatic carboxylic acids is 1. The van der Waals surface area contributed by atoms with Crippen molar-refractivity contribution in [3.63, 3.8) is 0 Å². The van der Waals surface area contributed by atoms with Crippen molar-refractivity contribution in [2.75, 3.05) is 19.6 Å². The Bertz CT molecular complexity index is 1100. The van der Waals surface area contributed by atoms with Crippen LogP contribution in [-0.2, 0) is 17.8 Å². The van der Waals surface area contributed by atoms with Gasteiger partial charge in [0.1, 0.15) is 11.6 Å². The van der Waals surface area contributed by atoms with Gasteiger partial charge < -0.3 is 15.3 Å². The SMILES string of the molecule is O=C(O)C1CN(Cc2ccc(C3=CN4CC(Cc5ccccc5)=CC=C4N3)c(F)c2)C1. The van der Waals surface area contributed by atoms with Crippen LogP contribution in [0.15, 0.2) is 78.3 Å². The zero-order valence-corrected chi connectivity index (χ0v) is 17.1. The van der Waals surface area contributed by atoms with Gasteiger partial charge in [0.2, 0.25) is 0 Å². The Morgan fingerprint density at radius 2 is 1.90 bits per heavy atom. The van der Waals surface area contributed by atoms with E-state index in [0.717, 1.165) is 30.0 Å². The third-order valence-corrected chi connectivity index (χ3v) is 6.02. The van der Waals surface area contributed by atoms with Crippen LogP contribution >= 0.6 is 0 Å². The van der Waals surface area contributed by atoms with Crippen molar-refractivity contribution in [2.45, 2.75) is 13.0 Å². The van der Waals surface area contributed by atoms with Crippen LogP contribution in [0, 0.1) is 11.7 Å². The largest absolute Gasteiger partial charge is 0.481 e. The van der Waals surface area contributed by atoms with Gasteiger partial charge in [0, 0.05) is 37.9 Å². The Labute approximate surface area is 180 Å². The topological polar surface area (TPSA) is 55.8 Å². The summed E-state index contributed by atoms with van der Waals surface area (Å²) in [6.45, 7) is 2.38. The Hall–Kier alpha value is -3.38. The second-order valence-corrected chi connectivity index (χ2v) is 8.38. The average molecular weight is 417 g/mol. The van der Waals surface area contributed by atoms with Crippen LogP contribution in [0.5, 0.6) is 0 Å². The lowest BCUT2D eigenvalue weighted by molar-refractivity contribution is -0.147. The Kier molecular flexibility index (Phi) is 5.08. The molecule has 2 aromatic carbocycles. The van der Waals surface area contributed by atoms with Crippen LogP contribution in [0.3, 0.4) is 0 Å². The zero-order valence-electron chi connectivity index (χ0n) is 17.1. The number of carbonyl (C=O) groups is 1. The third kappa shape index (κ3) is 4.11. The number of allylic oxidation sites excluding steroid dienone is 2. The average Bonchev–Trinajstić information content (AvgIpc) is 3.14. The summed E-state index contributed by atoms with van der Waals surface area (Å²) in [6, 6.07) is 15.6. The maximum absolute atomic E-state index is 14.9. The highest BCUT2D eigenvalue weighted by Gasteiger charge is 2.32. The Balaban J connectivity index is 1.24. The summed E-state index contributed by atoms with van der Waals surface area (Å²) in [4.78, 5) is 15.1. The van der Waals surface area contributed by atoms with E-state index in [-0.39, 0.29) is 11.7 Å². The van der Waals surface area contributed by atoms with E-state index >= 15 is 0 Å². The molecule has 0 aliphatic carbocycles. The summed E-state index contributed by atoms with van der Waals surface area (Å²) < 4.78 is 14.9. The molecular weight excluding hydrogens is 393 g/mol. The zero-order chi connectivity index (χ0) is 21.4. The van der Waals surface area contributed by atoms with Gasteiger partial charge in [-0.15, -0.1) is 0 Å². The minimum Gasteiger partial charge on any atom is -0.481 e. The minimum absolute atomic E-state index is 0.274. The summed E-state index contributed by atoms with van der Waals surface area (Å²) in [5.41, 5.74) is 4.72. The van der Waals surface area contributed by atoms with Gasteiger partial charge in [-0.25, -0.2) is 4.39 Å². The monoisotopic (exact) mass is 417 g/mol. The first-order chi connectivity index (χ1) is 15.0. The van der Waals surface area contributed by atoms with Crippen LogP contribution in [0.2, 0.25) is 0 Å². The van der Waals surface area contributed by atoms with Crippen molar-refractivity contribution in [3.8, 4) is 0 Å². The van der Waals surface area contributed by atoms with Gasteiger partial charge in [-0.05, 0) is 41.3 Å². The highest BCUT2D eigenvalue weighted by Crippen LogP contribution is 2.29. The number of likely N-dealkylation sites (tertiary alicyclic amines) is 1. The fraction of sp³-hybridized carbons (Fsp3) is 0.240. The molecule has 2 N–H and O–H groups in total. The molecule has 0 bridgehead atoms. The fourth-order valence-corrected chi connectivity index (χ4v) is 4.30. The normalized spacial score (nSPS) is 18.5. The molecule has 2 aromatic rings. The van der Waals surface area contributed by atoms with E-state index in [1.54, 1.807) is 12.1 Å². The van der Waals surface area contributed by atoms with E-state index in [0.29, 0.717) is 25.2 Å². The summed E-state index contributed by atoms with van der Waals surface area (Å²) >= 11 is 0. The Morgan fingerprint density at radius 1 is 1.10 bits per heavy atom. The number of fused-ring (bicyclic) bond motifs is 1. The molecular formula is C25H24FN3O2. The molecule has 6 heteroatoms. The number of carboxylic acid groups (broad SMARTS) is 1. The van der Waals surface area contributed by atoms with Crippen molar-refractivity contribution in [1.82, 2.24) is 15.1 Å². The number of hydrogen-bond acceptors (Lipinski definition) is 4. The molecule has 0 radical (unpaired) electrons. The van der Waals surface area contributed by atoms with Gasteiger partial charge in [0.05, 0.1) is 11.6 Å². The molecule has 5 nitrogen and oxygen atoms in total. The number of nitrogens with one attached hydrogen (secondary N) is 1. The van der Waals surface area contributed by atoms with Crippen LogP contribution < -0.4 is 5.32 Å². The first kappa shape index (κ1) is 19.6. The van der Waals surface area contributed by atoms with Crippen LogP contribution in [0.4, 0.5) is 4.39 Å². The van der Waals surface area contributed by atoms with Gasteiger partial charge in [-0.1, -0.05) is 42.5 Å². The molecule has 0 aromatic heterocycles. The van der Waals surface area contributed by atoms with Crippen molar-refractivity contribution in [3.05, 3.63) is 101 Å². The minimum atomic E-state index is -0.760. The van der Waals surface area contributed by atoms with Gasteiger partial charge in [0.25, 0.3) is 0 Å². The predicted molar refractivity (Wildman–Crippen MR) is 117 cm³/mol. The molecule has 158 valence electrons. The first-order valence-corrected chi connectivity index (χ1v) is 10.5. The molecule has 31 heavy (non-hydrogen) atoms. The first-order valence-electron chi connectivity index (χ1n) is 10.5. The number of nitrogens with zero attached hydrogens (tertiary/aromatic N) is 2.